The Labute approximate surface area is 131 Å². The summed E-state index contributed by atoms with van der Waals surface area (Å²) in [4.78, 5) is 13.9. The summed E-state index contributed by atoms with van der Waals surface area (Å²) < 4.78 is 42.7. The van der Waals surface area contributed by atoms with E-state index in [1.165, 1.54) is 12.1 Å². The highest BCUT2D eigenvalue weighted by atomic mass is 19.4. The number of hydrogen-bond donors (Lipinski definition) is 1. The van der Waals surface area contributed by atoms with Gasteiger partial charge in [0.2, 0.25) is 5.91 Å². The summed E-state index contributed by atoms with van der Waals surface area (Å²) in [6, 6.07) is 7.44. The number of furan rings is 1. The average Bonchev–Trinajstić information content (AvgIpc) is 2.98. The van der Waals surface area contributed by atoms with E-state index in [4.69, 9.17) is 4.42 Å². The Morgan fingerprint density at radius 2 is 1.91 bits per heavy atom. The Morgan fingerprint density at radius 3 is 2.43 bits per heavy atom. The molecule has 124 valence electrons. The molecular formula is C16H17F3N2O2. The summed E-state index contributed by atoms with van der Waals surface area (Å²) in [6.07, 6.45) is -2.84. The van der Waals surface area contributed by atoms with Crippen LogP contribution in [0.3, 0.4) is 0 Å². The average molecular weight is 326 g/mol. The zero-order valence-electron chi connectivity index (χ0n) is 12.7. The van der Waals surface area contributed by atoms with Gasteiger partial charge in [-0.1, -0.05) is 0 Å². The number of carbonyl (C=O) groups excluding carboxylic acids is 1. The standard InChI is InChI=1S/C16H17F3N2O2/c1-11(21(2)10-14-4-3-9-23-14)15(22)20-13-7-5-12(6-8-13)16(17,18)19/h3-9,11H,10H2,1-2H3,(H,20,22). The largest absolute Gasteiger partial charge is 0.468 e. The van der Waals surface area contributed by atoms with Gasteiger partial charge in [0.05, 0.1) is 24.4 Å². The van der Waals surface area contributed by atoms with Crippen LogP contribution >= 0.6 is 0 Å². The van der Waals surface area contributed by atoms with Crippen LogP contribution in [0.1, 0.15) is 18.2 Å². The van der Waals surface area contributed by atoms with E-state index in [2.05, 4.69) is 5.32 Å². The maximum Gasteiger partial charge on any atom is 0.416 e. The number of anilines is 1. The summed E-state index contributed by atoms with van der Waals surface area (Å²) >= 11 is 0. The van der Waals surface area contributed by atoms with Crippen molar-refractivity contribution in [3.63, 3.8) is 0 Å². The Kier molecular flexibility index (Phi) is 5.10. The molecular weight excluding hydrogens is 309 g/mol. The van der Waals surface area contributed by atoms with Crippen molar-refractivity contribution in [3.05, 3.63) is 54.0 Å². The molecule has 23 heavy (non-hydrogen) atoms. The van der Waals surface area contributed by atoms with E-state index in [9.17, 15) is 18.0 Å². The predicted molar refractivity (Wildman–Crippen MR) is 79.7 cm³/mol. The molecule has 0 spiro atoms. The van der Waals surface area contributed by atoms with Crippen LogP contribution in [0.5, 0.6) is 0 Å². The topological polar surface area (TPSA) is 45.5 Å². The van der Waals surface area contributed by atoms with Gasteiger partial charge in [0.1, 0.15) is 5.76 Å². The Morgan fingerprint density at radius 1 is 1.26 bits per heavy atom. The summed E-state index contributed by atoms with van der Waals surface area (Å²) in [5.41, 5.74) is -0.431. The van der Waals surface area contributed by atoms with Crippen molar-refractivity contribution in [2.24, 2.45) is 0 Å². The number of halogens is 3. The molecule has 0 aliphatic carbocycles. The minimum atomic E-state index is -4.39. The van der Waals surface area contributed by atoms with E-state index < -0.39 is 17.8 Å². The van der Waals surface area contributed by atoms with Gasteiger partial charge in [-0.3, -0.25) is 9.69 Å². The van der Waals surface area contributed by atoms with Crippen LogP contribution in [-0.2, 0) is 17.5 Å². The zero-order chi connectivity index (χ0) is 17.0. The molecule has 1 unspecified atom stereocenters. The lowest BCUT2D eigenvalue weighted by Crippen LogP contribution is -2.39. The first-order valence-corrected chi connectivity index (χ1v) is 6.98. The lowest BCUT2D eigenvalue weighted by molar-refractivity contribution is -0.137. The van der Waals surface area contributed by atoms with Crippen LogP contribution in [0, 0.1) is 0 Å². The van der Waals surface area contributed by atoms with Crippen molar-refractivity contribution in [2.75, 3.05) is 12.4 Å². The van der Waals surface area contributed by atoms with Crippen LogP contribution in [0.2, 0.25) is 0 Å². The highest BCUT2D eigenvalue weighted by molar-refractivity contribution is 5.94. The van der Waals surface area contributed by atoms with Crippen molar-refractivity contribution in [1.29, 1.82) is 0 Å². The van der Waals surface area contributed by atoms with Crippen molar-refractivity contribution in [3.8, 4) is 0 Å². The molecule has 2 rings (SSSR count). The number of rotatable bonds is 5. The summed E-state index contributed by atoms with van der Waals surface area (Å²) in [7, 11) is 1.76. The Hall–Kier alpha value is -2.28. The number of nitrogens with zero attached hydrogens (tertiary/aromatic N) is 1. The molecule has 2 aromatic rings. The number of likely N-dealkylation sites (N-methyl/N-ethyl adjacent to an activating group) is 1. The molecule has 0 aliphatic rings. The quantitative estimate of drug-likeness (QED) is 0.910. The number of carbonyl (C=O) groups is 1. The van der Waals surface area contributed by atoms with E-state index in [0.29, 0.717) is 12.2 Å². The monoisotopic (exact) mass is 326 g/mol. The van der Waals surface area contributed by atoms with Gasteiger partial charge in [-0.15, -0.1) is 0 Å². The Balaban J connectivity index is 1.95. The normalized spacial score (nSPS) is 13.1. The smallest absolute Gasteiger partial charge is 0.416 e. The number of hydrogen-bond acceptors (Lipinski definition) is 3. The molecule has 0 aliphatic heterocycles. The van der Waals surface area contributed by atoms with Crippen LogP contribution in [0.15, 0.2) is 47.1 Å². The second kappa shape index (κ2) is 6.87. The van der Waals surface area contributed by atoms with Gasteiger partial charge in [0.25, 0.3) is 0 Å². The highest BCUT2D eigenvalue weighted by Gasteiger charge is 2.30. The summed E-state index contributed by atoms with van der Waals surface area (Å²) in [6.45, 7) is 2.16. The molecule has 1 atom stereocenters. The first-order chi connectivity index (χ1) is 10.8. The summed E-state index contributed by atoms with van der Waals surface area (Å²) in [5, 5.41) is 2.60. The first-order valence-electron chi connectivity index (χ1n) is 6.98. The van der Waals surface area contributed by atoms with Crippen LogP contribution in [0.25, 0.3) is 0 Å². The molecule has 0 bridgehead atoms. The van der Waals surface area contributed by atoms with Crippen LogP contribution in [0.4, 0.5) is 18.9 Å². The predicted octanol–water partition coefficient (Wildman–Crippen LogP) is 3.76. The van der Waals surface area contributed by atoms with Crippen molar-refractivity contribution in [2.45, 2.75) is 25.7 Å². The van der Waals surface area contributed by atoms with Gasteiger partial charge in [0.15, 0.2) is 0 Å². The van der Waals surface area contributed by atoms with Gasteiger partial charge in [-0.05, 0) is 50.4 Å². The lowest BCUT2D eigenvalue weighted by atomic mass is 10.2. The number of nitrogens with one attached hydrogen (secondary N) is 1. The SMILES string of the molecule is CC(C(=O)Nc1ccc(C(F)(F)F)cc1)N(C)Cc1ccco1. The molecule has 0 saturated carbocycles. The first kappa shape index (κ1) is 17.1. The molecule has 0 radical (unpaired) electrons. The molecule has 1 amide bonds. The van der Waals surface area contributed by atoms with E-state index in [-0.39, 0.29) is 5.91 Å². The lowest BCUT2D eigenvalue weighted by Gasteiger charge is -2.23. The molecule has 1 aromatic heterocycles. The van der Waals surface area contributed by atoms with E-state index >= 15 is 0 Å². The maximum atomic E-state index is 12.5. The minimum absolute atomic E-state index is 0.307. The maximum absolute atomic E-state index is 12.5. The van der Waals surface area contributed by atoms with Crippen LogP contribution in [-0.4, -0.2) is 23.9 Å². The fourth-order valence-corrected chi connectivity index (χ4v) is 1.97. The molecule has 1 heterocycles. The number of amides is 1. The minimum Gasteiger partial charge on any atom is -0.468 e. The van der Waals surface area contributed by atoms with Gasteiger partial charge >= 0.3 is 6.18 Å². The molecule has 1 aromatic carbocycles. The third-order valence-corrected chi connectivity index (χ3v) is 3.51. The third kappa shape index (κ3) is 4.59. The highest BCUT2D eigenvalue weighted by Crippen LogP contribution is 2.29. The second-order valence-corrected chi connectivity index (χ2v) is 5.23. The van der Waals surface area contributed by atoms with Gasteiger partial charge in [-0.25, -0.2) is 0 Å². The second-order valence-electron chi connectivity index (χ2n) is 5.23. The third-order valence-electron chi connectivity index (χ3n) is 3.51. The zero-order valence-corrected chi connectivity index (χ0v) is 12.7. The fourth-order valence-electron chi connectivity index (χ4n) is 1.97. The molecule has 0 fully saturated rings. The van der Waals surface area contributed by atoms with Gasteiger partial charge < -0.3 is 9.73 Å². The van der Waals surface area contributed by atoms with E-state index in [1.807, 2.05) is 0 Å². The Bertz CT molecular complexity index is 636. The number of alkyl halides is 3. The van der Waals surface area contributed by atoms with E-state index in [0.717, 1.165) is 17.9 Å². The van der Waals surface area contributed by atoms with Gasteiger partial charge in [-0.2, -0.15) is 13.2 Å². The summed E-state index contributed by atoms with van der Waals surface area (Å²) in [5.74, 6) is 0.417. The molecule has 7 heteroatoms. The molecule has 4 nitrogen and oxygen atoms in total. The van der Waals surface area contributed by atoms with Crippen LogP contribution < -0.4 is 5.32 Å². The van der Waals surface area contributed by atoms with E-state index in [1.54, 1.807) is 37.3 Å². The van der Waals surface area contributed by atoms with Gasteiger partial charge in [0, 0.05) is 5.69 Å². The fraction of sp³-hybridized carbons (Fsp3) is 0.312. The van der Waals surface area contributed by atoms with Crippen molar-refractivity contribution in [1.82, 2.24) is 4.90 Å². The molecule has 1 N–H and O–H groups in total. The molecule has 0 saturated heterocycles. The van der Waals surface area contributed by atoms with Crippen molar-refractivity contribution < 1.29 is 22.4 Å². The van der Waals surface area contributed by atoms with Crippen molar-refractivity contribution >= 4 is 11.6 Å². The number of benzene rings is 1.